The third kappa shape index (κ3) is 4.93. The van der Waals surface area contributed by atoms with Crippen LogP contribution in [0.1, 0.15) is 5.56 Å². The summed E-state index contributed by atoms with van der Waals surface area (Å²) in [6.45, 7) is -0.0258. The summed E-state index contributed by atoms with van der Waals surface area (Å²) in [5.74, 6) is -1.79. The monoisotopic (exact) mass is 351 g/mol. The summed E-state index contributed by atoms with van der Waals surface area (Å²) in [7, 11) is 2.46. The number of rotatable bonds is 6. The van der Waals surface area contributed by atoms with Crippen molar-refractivity contribution < 1.29 is 33.3 Å². The van der Waals surface area contributed by atoms with E-state index < -0.39 is 30.0 Å². The lowest BCUT2D eigenvalue weighted by atomic mass is 10.0. The zero-order valence-corrected chi connectivity index (χ0v) is 14.2. The molecule has 1 aromatic rings. The summed E-state index contributed by atoms with van der Waals surface area (Å²) in [6.07, 6.45) is -0.735. The fourth-order valence-electron chi connectivity index (χ4n) is 2.58. The van der Waals surface area contributed by atoms with Crippen LogP contribution in [0.25, 0.3) is 0 Å². The maximum absolute atomic E-state index is 12.1. The van der Waals surface area contributed by atoms with Gasteiger partial charge in [-0.3, -0.25) is 14.5 Å². The van der Waals surface area contributed by atoms with Crippen molar-refractivity contribution in [2.75, 3.05) is 34.0 Å². The van der Waals surface area contributed by atoms with E-state index in [-0.39, 0.29) is 26.4 Å². The molecule has 8 heteroatoms. The second-order valence-corrected chi connectivity index (χ2v) is 5.48. The van der Waals surface area contributed by atoms with Crippen molar-refractivity contribution in [2.45, 2.75) is 12.6 Å². The number of hydrogen-bond acceptors (Lipinski definition) is 7. The second-order valence-electron chi connectivity index (χ2n) is 5.48. The fraction of sp³-hybridized carbons (Fsp3) is 0.471. The van der Waals surface area contributed by atoms with Gasteiger partial charge in [-0.1, -0.05) is 30.3 Å². The molecule has 2 rings (SSSR count). The lowest BCUT2D eigenvalue weighted by Gasteiger charge is -2.28. The highest BCUT2D eigenvalue weighted by molar-refractivity contribution is 5.80. The smallest absolute Gasteiger partial charge is 0.410 e. The molecule has 0 spiro atoms. The average Bonchev–Trinajstić information content (AvgIpc) is 3.13. The van der Waals surface area contributed by atoms with Crippen molar-refractivity contribution in [1.82, 2.24) is 4.90 Å². The Morgan fingerprint density at radius 2 is 1.84 bits per heavy atom. The number of esters is 2. The van der Waals surface area contributed by atoms with Crippen molar-refractivity contribution in [3.05, 3.63) is 35.9 Å². The number of carbonyl (C=O) groups is 3. The van der Waals surface area contributed by atoms with Gasteiger partial charge in [-0.25, -0.2) is 4.79 Å². The highest BCUT2D eigenvalue weighted by Gasteiger charge is 2.42. The molecule has 8 nitrogen and oxygen atoms in total. The van der Waals surface area contributed by atoms with Crippen molar-refractivity contribution in [1.29, 1.82) is 0 Å². The van der Waals surface area contributed by atoms with Gasteiger partial charge in [0.1, 0.15) is 19.1 Å². The first-order chi connectivity index (χ1) is 12.1. The van der Waals surface area contributed by atoms with Gasteiger partial charge in [-0.15, -0.1) is 0 Å². The first-order valence-electron chi connectivity index (χ1n) is 7.76. The summed E-state index contributed by atoms with van der Waals surface area (Å²) < 4.78 is 19.9. The topological polar surface area (TPSA) is 91.4 Å². The summed E-state index contributed by atoms with van der Waals surface area (Å²) in [4.78, 5) is 37.2. The first kappa shape index (κ1) is 18.7. The van der Waals surface area contributed by atoms with Gasteiger partial charge in [0.05, 0.1) is 33.5 Å². The van der Waals surface area contributed by atoms with Gasteiger partial charge in [-0.05, 0) is 5.56 Å². The first-order valence-corrected chi connectivity index (χ1v) is 7.76. The highest BCUT2D eigenvalue weighted by Crippen LogP contribution is 2.22. The van der Waals surface area contributed by atoms with E-state index in [2.05, 4.69) is 0 Å². The molecule has 1 fully saturated rings. The third-order valence-corrected chi connectivity index (χ3v) is 3.91. The molecule has 0 unspecified atom stereocenters. The van der Waals surface area contributed by atoms with E-state index in [0.717, 1.165) is 10.5 Å². The summed E-state index contributed by atoms with van der Waals surface area (Å²) in [5, 5.41) is 0. The van der Waals surface area contributed by atoms with Crippen LogP contribution in [-0.2, 0) is 35.1 Å². The lowest BCUT2D eigenvalue weighted by Crippen LogP contribution is -2.49. The molecule has 1 saturated heterocycles. The van der Waals surface area contributed by atoms with Crippen LogP contribution in [-0.4, -0.2) is 63.0 Å². The summed E-state index contributed by atoms with van der Waals surface area (Å²) in [6, 6.07) is 8.52. The van der Waals surface area contributed by atoms with Crippen LogP contribution >= 0.6 is 0 Å². The zero-order valence-electron chi connectivity index (χ0n) is 14.2. The number of amides is 1. The van der Waals surface area contributed by atoms with E-state index in [1.807, 2.05) is 30.3 Å². The number of hydrogen-bond donors (Lipinski definition) is 0. The molecule has 2 atom stereocenters. The fourth-order valence-corrected chi connectivity index (χ4v) is 2.58. The van der Waals surface area contributed by atoms with Crippen molar-refractivity contribution in [2.24, 2.45) is 5.92 Å². The molecular weight excluding hydrogens is 330 g/mol. The van der Waals surface area contributed by atoms with Crippen LogP contribution in [0.3, 0.4) is 0 Å². The molecule has 1 aliphatic heterocycles. The van der Waals surface area contributed by atoms with E-state index in [4.69, 9.17) is 18.9 Å². The van der Waals surface area contributed by atoms with Crippen molar-refractivity contribution >= 4 is 18.0 Å². The molecule has 25 heavy (non-hydrogen) atoms. The maximum atomic E-state index is 12.1. The van der Waals surface area contributed by atoms with Crippen LogP contribution in [0, 0.1) is 5.92 Å². The van der Waals surface area contributed by atoms with Gasteiger partial charge in [-0.2, -0.15) is 0 Å². The Morgan fingerprint density at radius 1 is 1.12 bits per heavy atom. The quantitative estimate of drug-likeness (QED) is 0.557. The SMILES string of the molecule is COC(=O)[C@H]1COC[C@H]1N(CC(=O)OCc1ccccc1)C(=O)OC. The van der Waals surface area contributed by atoms with E-state index >= 15 is 0 Å². The van der Waals surface area contributed by atoms with E-state index in [0.29, 0.717) is 0 Å². The predicted octanol–water partition coefficient (Wildman–Crippen LogP) is 0.986. The van der Waals surface area contributed by atoms with Crippen LogP contribution in [0.4, 0.5) is 4.79 Å². The Kier molecular flexibility index (Phi) is 6.76. The largest absolute Gasteiger partial charge is 0.469 e. The molecule has 0 aliphatic carbocycles. The maximum Gasteiger partial charge on any atom is 0.410 e. The van der Waals surface area contributed by atoms with Gasteiger partial charge in [0.2, 0.25) is 0 Å². The molecule has 0 radical (unpaired) electrons. The van der Waals surface area contributed by atoms with Gasteiger partial charge in [0, 0.05) is 0 Å². The average molecular weight is 351 g/mol. The van der Waals surface area contributed by atoms with Crippen molar-refractivity contribution in [3.8, 4) is 0 Å². The molecular formula is C17H21NO7. The molecule has 1 amide bonds. The van der Waals surface area contributed by atoms with Crippen LogP contribution in [0.2, 0.25) is 0 Å². The molecule has 136 valence electrons. The standard InChI is InChI=1S/C17H21NO7/c1-22-16(20)13-10-24-11-14(13)18(17(21)23-2)8-15(19)25-9-12-6-4-3-5-7-12/h3-7,13-14H,8-11H2,1-2H3/t13-,14+/m0/s1. The number of nitrogens with zero attached hydrogens (tertiary/aromatic N) is 1. The van der Waals surface area contributed by atoms with Crippen LogP contribution in [0.5, 0.6) is 0 Å². The normalized spacial score (nSPS) is 19.1. The molecule has 1 heterocycles. The molecule has 0 bridgehead atoms. The molecule has 1 aliphatic rings. The Balaban J connectivity index is 2.01. The van der Waals surface area contributed by atoms with Gasteiger partial charge in [0.25, 0.3) is 0 Å². The third-order valence-electron chi connectivity index (χ3n) is 3.91. The molecule has 1 aromatic carbocycles. The Morgan fingerprint density at radius 3 is 2.48 bits per heavy atom. The molecule has 0 N–H and O–H groups in total. The Bertz CT molecular complexity index is 604. The molecule has 0 aromatic heterocycles. The van der Waals surface area contributed by atoms with Crippen molar-refractivity contribution in [3.63, 3.8) is 0 Å². The van der Waals surface area contributed by atoms with Gasteiger partial charge in [0.15, 0.2) is 0 Å². The predicted molar refractivity (Wildman–Crippen MR) is 85.5 cm³/mol. The zero-order chi connectivity index (χ0) is 18.2. The summed E-state index contributed by atoms with van der Waals surface area (Å²) >= 11 is 0. The lowest BCUT2D eigenvalue weighted by molar-refractivity contribution is -0.150. The molecule has 0 saturated carbocycles. The van der Waals surface area contributed by atoms with Gasteiger partial charge < -0.3 is 18.9 Å². The number of benzene rings is 1. The van der Waals surface area contributed by atoms with E-state index in [1.54, 1.807) is 0 Å². The van der Waals surface area contributed by atoms with Crippen LogP contribution < -0.4 is 0 Å². The second kappa shape index (κ2) is 9.03. The van der Waals surface area contributed by atoms with E-state index in [1.165, 1.54) is 14.2 Å². The number of ether oxygens (including phenoxy) is 4. The summed E-state index contributed by atoms with van der Waals surface area (Å²) in [5.41, 5.74) is 0.831. The van der Waals surface area contributed by atoms with Crippen LogP contribution in [0.15, 0.2) is 30.3 Å². The minimum atomic E-state index is -0.735. The highest BCUT2D eigenvalue weighted by atomic mass is 16.6. The minimum Gasteiger partial charge on any atom is -0.469 e. The number of methoxy groups -OCH3 is 2. The number of carbonyl (C=O) groups excluding carboxylic acids is 3. The van der Waals surface area contributed by atoms with E-state index in [9.17, 15) is 14.4 Å². The minimum absolute atomic E-state index is 0.0935. The Hall–Kier alpha value is -2.61. The Labute approximate surface area is 145 Å². The van der Waals surface area contributed by atoms with Gasteiger partial charge >= 0.3 is 18.0 Å².